The van der Waals surface area contributed by atoms with Crippen molar-refractivity contribution in [2.75, 3.05) is 33.4 Å². The number of rotatable bonds is 7. The first kappa shape index (κ1) is 15.9. The van der Waals surface area contributed by atoms with Gasteiger partial charge in [0.1, 0.15) is 0 Å². The highest BCUT2D eigenvalue weighted by Gasteiger charge is 2.25. The monoisotopic (exact) mass is 256 g/mol. The first-order chi connectivity index (χ1) is 8.69. The Morgan fingerprint density at radius 1 is 1.39 bits per heavy atom. The molecule has 18 heavy (non-hydrogen) atoms. The molecule has 1 aliphatic rings. The van der Waals surface area contributed by atoms with E-state index >= 15 is 0 Å². The van der Waals surface area contributed by atoms with E-state index in [0.717, 1.165) is 12.5 Å². The van der Waals surface area contributed by atoms with E-state index in [-0.39, 0.29) is 0 Å². The van der Waals surface area contributed by atoms with Crippen LogP contribution in [0, 0.1) is 5.92 Å². The Hall–Kier alpha value is -0.120. The normalized spacial score (nSPS) is 28.0. The summed E-state index contributed by atoms with van der Waals surface area (Å²) in [5.41, 5.74) is 0. The molecule has 0 aromatic heterocycles. The van der Waals surface area contributed by atoms with Gasteiger partial charge < -0.3 is 10.1 Å². The predicted molar refractivity (Wildman–Crippen MR) is 78.0 cm³/mol. The lowest BCUT2D eigenvalue weighted by molar-refractivity contribution is 0.163. The molecule has 3 nitrogen and oxygen atoms in total. The first-order valence-electron chi connectivity index (χ1n) is 7.65. The van der Waals surface area contributed by atoms with E-state index in [1.54, 1.807) is 7.11 Å². The molecular formula is C15H32N2O. The maximum atomic E-state index is 5.13. The minimum absolute atomic E-state index is 0.669. The molecule has 1 aliphatic heterocycles. The van der Waals surface area contributed by atoms with E-state index < -0.39 is 0 Å². The van der Waals surface area contributed by atoms with Gasteiger partial charge in [-0.15, -0.1) is 0 Å². The van der Waals surface area contributed by atoms with Gasteiger partial charge in [0.2, 0.25) is 0 Å². The van der Waals surface area contributed by atoms with Gasteiger partial charge in [0.05, 0.1) is 0 Å². The van der Waals surface area contributed by atoms with Crippen LogP contribution in [-0.2, 0) is 4.74 Å². The fourth-order valence-corrected chi connectivity index (χ4v) is 2.70. The largest absolute Gasteiger partial charge is 0.385 e. The summed E-state index contributed by atoms with van der Waals surface area (Å²) in [6, 6.07) is 1.39. The van der Waals surface area contributed by atoms with E-state index in [0.29, 0.717) is 12.1 Å². The fraction of sp³-hybridized carbons (Fsp3) is 1.00. The molecule has 1 saturated heterocycles. The molecule has 108 valence electrons. The Kier molecular flexibility index (Phi) is 7.87. The maximum absolute atomic E-state index is 5.13. The molecule has 1 N–H and O–H groups in total. The third-order valence-electron chi connectivity index (χ3n) is 4.40. The average molecular weight is 256 g/mol. The fourth-order valence-electron chi connectivity index (χ4n) is 2.70. The Labute approximate surface area is 113 Å². The first-order valence-corrected chi connectivity index (χ1v) is 7.65. The average Bonchev–Trinajstić information content (AvgIpc) is 2.56. The van der Waals surface area contributed by atoms with Crippen LogP contribution in [0.1, 0.15) is 46.5 Å². The molecule has 3 unspecified atom stereocenters. The highest BCUT2D eigenvalue weighted by atomic mass is 16.5. The van der Waals surface area contributed by atoms with Crippen molar-refractivity contribution in [3.63, 3.8) is 0 Å². The number of nitrogens with zero attached hydrogens (tertiary/aromatic N) is 1. The van der Waals surface area contributed by atoms with E-state index in [4.69, 9.17) is 4.74 Å². The molecule has 1 rings (SSSR count). The van der Waals surface area contributed by atoms with Gasteiger partial charge in [-0.2, -0.15) is 0 Å². The van der Waals surface area contributed by atoms with Crippen LogP contribution in [0.2, 0.25) is 0 Å². The Morgan fingerprint density at radius 2 is 2.17 bits per heavy atom. The zero-order valence-electron chi connectivity index (χ0n) is 12.7. The van der Waals surface area contributed by atoms with Crippen LogP contribution in [0.5, 0.6) is 0 Å². The van der Waals surface area contributed by atoms with Crippen molar-refractivity contribution < 1.29 is 4.74 Å². The lowest BCUT2D eigenvalue weighted by atomic mass is 9.99. The number of ether oxygens (including phenoxy) is 1. The quantitative estimate of drug-likeness (QED) is 0.708. The van der Waals surface area contributed by atoms with Gasteiger partial charge in [0, 0.05) is 32.3 Å². The summed E-state index contributed by atoms with van der Waals surface area (Å²) >= 11 is 0. The summed E-state index contributed by atoms with van der Waals surface area (Å²) in [4.78, 5) is 2.67. The van der Waals surface area contributed by atoms with Crippen LogP contribution in [0.15, 0.2) is 0 Å². The molecular weight excluding hydrogens is 224 g/mol. The third-order valence-corrected chi connectivity index (χ3v) is 4.40. The second-order valence-electron chi connectivity index (χ2n) is 5.78. The van der Waals surface area contributed by atoms with Gasteiger partial charge in [-0.05, 0) is 45.2 Å². The topological polar surface area (TPSA) is 24.5 Å². The standard InChI is InChI=1S/C15H32N2O/c1-5-13(2)15-12-17(10-6-7-11-18-4)14(3)8-9-16-15/h13-16H,5-12H2,1-4H3. The van der Waals surface area contributed by atoms with E-state index in [2.05, 4.69) is 31.0 Å². The van der Waals surface area contributed by atoms with E-state index in [1.165, 1.54) is 45.3 Å². The number of hydrogen-bond acceptors (Lipinski definition) is 3. The minimum atomic E-state index is 0.669. The second-order valence-corrected chi connectivity index (χ2v) is 5.78. The van der Waals surface area contributed by atoms with Crippen LogP contribution in [0.3, 0.4) is 0 Å². The Bertz CT molecular complexity index is 211. The van der Waals surface area contributed by atoms with Crippen LogP contribution in [0.25, 0.3) is 0 Å². The second kappa shape index (κ2) is 8.89. The molecule has 0 aromatic carbocycles. The molecule has 0 aromatic rings. The zero-order valence-corrected chi connectivity index (χ0v) is 12.7. The predicted octanol–water partition coefficient (Wildman–Crippen LogP) is 2.51. The van der Waals surface area contributed by atoms with Gasteiger partial charge in [-0.1, -0.05) is 20.3 Å². The van der Waals surface area contributed by atoms with Gasteiger partial charge in [-0.3, -0.25) is 4.90 Å². The highest BCUT2D eigenvalue weighted by Crippen LogP contribution is 2.16. The summed E-state index contributed by atoms with van der Waals surface area (Å²) in [7, 11) is 1.79. The number of methoxy groups -OCH3 is 1. The SMILES string of the molecule is CCC(C)C1CN(CCCCOC)C(C)CCN1. The van der Waals surface area contributed by atoms with E-state index in [9.17, 15) is 0 Å². The van der Waals surface area contributed by atoms with Crippen LogP contribution < -0.4 is 5.32 Å². The van der Waals surface area contributed by atoms with Crippen LogP contribution in [-0.4, -0.2) is 50.3 Å². The molecule has 3 heteroatoms. The molecule has 3 atom stereocenters. The molecule has 1 fully saturated rings. The van der Waals surface area contributed by atoms with Crippen molar-refractivity contribution in [3.8, 4) is 0 Å². The Balaban J connectivity index is 2.40. The smallest absolute Gasteiger partial charge is 0.0462 e. The summed E-state index contributed by atoms with van der Waals surface area (Å²) < 4.78 is 5.13. The summed E-state index contributed by atoms with van der Waals surface area (Å²) in [6.07, 6.45) is 4.98. The maximum Gasteiger partial charge on any atom is 0.0462 e. The van der Waals surface area contributed by atoms with Crippen molar-refractivity contribution in [2.45, 2.75) is 58.5 Å². The summed E-state index contributed by atoms with van der Waals surface area (Å²) in [5.74, 6) is 0.775. The van der Waals surface area contributed by atoms with Crippen molar-refractivity contribution >= 4 is 0 Å². The van der Waals surface area contributed by atoms with Gasteiger partial charge in [0.15, 0.2) is 0 Å². The molecule has 0 radical (unpaired) electrons. The summed E-state index contributed by atoms with van der Waals surface area (Å²) in [6.45, 7) is 11.5. The van der Waals surface area contributed by atoms with E-state index in [1.807, 2.05) is 0 Å². The zero-order chi connectivity index (χ0) is 13.4. The van der Waals surface area contributed by atoms with Crippen molar-refractivity contribution in [1.29, 1.82) is 0 Å². The van der Waals surface area contributed by atoms with Crippen LogP contribution in [0.4, 0.5) is 0 Å². The number of nitrogens with one attached hydrogen (secondary N) is 1. The van der Waals surface area contributed by atoms with Crippen molar-refractivity contribution in [3.05, 3.63) is 0 Å². The molecule has 0 saturated carbocycles. The molecule has 0 aliphatic carbocycles. The van der Waals surface area contributed by atoms with Crippen molar-refractivity contribution in [2.24, 2.45) is 5.92 Å². The Morgan fingerprint density at radius 3 is 2.83 bits per heavy atom. The third kappa shape index (κ3) is 5.25. The molecule has 0 amide bonds. The number of unbranched alkanes of at least 4 members (excludes halogenated alkanes) is 1. The lowest BCUT2D eigenvalue weighted by Crippen LogP contribution is -2.43. The molecule has 0 spiro atoms. The number of hydrogen-bond donors (Lipinski definition) is 1. The lowest BCUT2D eigenvalue weighted by Gasteiger charge is -2.31. The van der Waals surface area contributed by atoms with Gasteiger partial charge in [-0.25, -0.2) is 0 Å². The minimum Gasteiger partial charge on any atom is -0.385 e. The molecule has 0 bridgehead atoms. The van der Waals surface area contributed by atoms with Crippen LogP contribution >= 0.6 is 0 Å². The summed E-state index contributed by atoms with van der Waals surface area (Å²) in [5, 5.41) is 3.73. The van der Waals surface area contributed by atoms with Gasteiger partial charge in [0.25, 0.3) is 0 Å². The van der Waals surface area contributed by atoms with Gasteiger partial charge >= 0.3 is 0 Å². The van der Waals surface area contributed by atoms with Crippen molar-refractivity contribution in [1.82, 2.24) is 10.2 Å². The highest BCUT2D eigenvalue weighted by molar-refractivity contribution is 4.83. The molecule has 1 heterocycles.